The zero-order valence-electron chi connectivity index (χ0n) is 9.23. The minimum Gasteiger partial charge on any atom is -0.325 e. The fraction of sp³-hybridized carbons (Fsp3) is 0.778. The fourth-order valence-corrected chi connectivity index (χ4v) is 2.20. The molecule has 7 heteroatoms. The van der Waals surface area contributed by atoms with Crippen LogP contribution in [0.15, 0.2) is 0 Å². The molecule has 1 aliphatic rings. The number of H-pyrrole nitrogens is 1. The van der Waals surface area contributed by atoms with E-state index in [1.54, 1.807) is 0 Å². The van der Waals surface area contributed by atoms with Gasteiger partial charge in [-0.2, -0.15) is 5.21 Å². The highest BCUT2D eigenvalue weighted by Crippen LogP contribution is 2.32. The number of rotatable bonds is 2. The Kier molecular flexibility index (Phi) is 2.86. The summed E-state index contributed by atoms with van der Waals surface area (Å²) in [7, 11) is 0. The van der Waals surface area contributed by atoms with Crippen molar-refractivity contribution in [1.29, 1.82) is 0 Å². The number of nitrogens with one attached hydrogen (secondary N) is 2. The van der Waals surface area contributed by atoms with Crippen LogP contribution in [0.4, 0.5) is 5.95 Å². The molecular formula is C9H16N6O. The van der Waals surface area contributed by atoms with Gasteiger partial charge in [-0.1, -0.05) is 17.9 Å². The SMILES string of the molecule is CC1(N)CCCCC1C(=O)Nc1nn[nH]n1. The summed E-state index contributed by atoms with van der Waals surface area (Å²) in [6.45, 7) is 1.92. The molecule has 16 heavy (non-hydrogen) atoms. The van der Waals surface area contributed by atoms with Gasteiger partial charge in [-0.3, -0.25) is 10.1 Å². The topological polar surface area (TPSA) is 110 Å². The summed E-state index contributed by atoms with van der Waals surface area (Å²) in [6, 6.07) is 0. The van der Waals surface area contributed by atoms with E-state index >= 15 is 0 Å². The Morgan fingerprint density at radius 3 is 3.06 bits per heavy atom. The Labute approximate surface area is 93.2 Å². The fourth-order valence-electron chi connectivity index (χ4n) is 2.20. The summed E-state index contributed by atoms with van der Waals surface area (Å²) in [5.74, 6) is -0.0998. The minimum absolute atomic E-state index is 0.119. The molecule has 2 unspecified atom stereocenters. The van der Waals surface area contributed by atoms with E-state index in [9.17, 15) is 4.79 Å². The van der Waals surface area contributed by atoms with Gasteiger partial charge in [0, 0.05) is 5.54 Å². The summed E-state index contributed by atoms with van der Waals surface area (Å²) >= 11 is 0. The van der Waals surface area contributed by atoms with Gasteiger partial charge in [-0.15, -0.1) is 5.10 Å². The highest BCUT2D eigenvalue weighted by molar-refractivity contribution is 5.91. The number of carbonyl (C=O) groups excluding carboxylic acids is 1. The summed E-state index contributed by atoms with van der Waals surface area (Å²) < 4.78 is 0. The van der Waals surface area contributed by atoms with Crippen molar-refractivity contribution in [2.75, 3.05) is 5.32 Å². The van der Waals surface area contributed by atoms with Gasteiger partial charge in [-0.25, -0.2) is 0 Å². The van der Waals surface area contributed by atoms with E-state index in [-0.39, 0.29) is 17.8 Å². The molecular weight excluding hydrogens is 208 g/mol. The molecule has 1 saturated carbocycles. The Morgan fingerprint density at radius 2 is 2.44 bits per heavy atom. The second-order valence-electron chi connectivity index (χ2n) is 4.53. The van der Waals surface area contributed by atoms with Crippen LogP contribution < -0.4 is 11.1 Å². The largest absolute Gasteiger partial charge is 0.325 e. The second kappa shape index (κ2) is 4.17. The molecule has 0 aromatic carbocycles. The van der Waals surface area contributed by atoms with Crippen molar-refractivity contribution in [2.24, 2.45) is 11.7 Å². The number of carbonyl (C=O) groups is 1. The number of amides is 1. The molecule has 1 aromatic heterocycles. The molecule has 0 spiro atoms. The maximum Gasteiger partial charge on any atom is 0.269 e. The molecule has 1 amide bonds. The Hall–Kier alpha value is -1.50. The minimum atomic E-state index is -0.438. The highest BCUT2D eigenvalue weighted by Gasteiger charge is 2.38. The molecule has 1 aliphatic carbocycles. The maximum absolute atomic E-state index is 12.0. The molecule has 2 atom stereocenters. The number of anilines is 1. The van der Waals surface area contributed by atoms with Crippen LogP contribution >= 0.6 is 0 Å². The summed E-state index contributed by atoms with van der Waals surface area (Å²) in [5, 5.41) is 15.6. The van der Waals surface area contributed by atoms with Gasteiger partial charge >= 0.3 is 0 Å². The van der Waals surface area contributed by atoms with E-state index in [4.69, 9.17) is 5.73 Å². The first-order chi connectivity index (χ1) is 7.59. The lowest BCUT2D eigenvalue weighted by Crippen LogP contribution is -2.51. The van der Waals surface area contributed by atoms with Crippen molar-refractivity contribution in [3.8, 4) is 0 Å². The first kappa shape index (κ1) is 11.0. The van der Waals surface area contributed by atoms with Crippen LogP contribution in [0.2, 0.25) is 0 Å². The van der Waals surface area contributed by atoms with E-state index in [0.29, 0.717) is 0 Å². The molecule has 1 aromatic rings. The Morgan fingerprint density at radius 1 is 1.62 bits per heavy atom. The molecule has 1 heterocycles. The predicted molar refractivity (Wildman–Crippen MR) is 57.4 cm³/mol. The van der Waals surface area contributed by atoms with Gasteiger partial charge in [0.25, 0.3) is 5.95 Å². The second-order valence-corrected chi connectivity index (χ2v) is 4.53. The van der Waals surface area contributed by atoms with E-state index in [1.807, 2.05) is 6.92 Å². The lowest BCUT2D eigenvalue weighted by Gasteiger charge is -2.36. The van der Waals surface area contributed by atoms with Crippen LogP contribution in [0.5, 0.6) is 0 Å². The third-order valence-electron chi connectivity index (χ3n) is 3.15. The lowest BCUT2D eigenvalue weighted by molar-refractivity contribution is -0.122. The molecule has 0 aliphatic heterocycles. The molecule has 0 bridgehead atoms. The maximum atomic E-state index is 12.0. The number of aromatic nitrogens is 4. The smallest absolute Gasteiger partial charge is 0.269 e. The monoisotopic (exact) mass is 224 g/mol. The third-order valence-corrected chi connectivity index (χ3v) is 3.15. The standard InChI is InChI=1S/C9H16N6O/c1-9(10)5-3-2-4-6(9)7(16)11-8-12-14-15-13-8/h6H,2-5,10H2,1H3,(H2,11,12,13,14,15,16). The number of nitrogens with two attached hydrogens (primary N) is 1. The average Bonchev–Trinajstić information content (AvgIpc) is 2.69. The van der Waals surface area contributed by atoms with Crippen molar-refractivity contribution < 1.29 is 4.79 Å². The predicted octanol–water partition coefficient (Wildman–Crippen LogP) is 0.0458. The van der Waals surface area contributed by atoms with Crippen LogP contribution in [-0.4, -0.2) is 32.1 Å². The number of hydrogen-bond acceptors (Lipinski definition) is 5. The van der Waals surface area contributed by atoms with Gasteiger partial charge in [0.1, 0.15) is 0 Å². The molecule has 1 fully saturated rings. The first-order valence-corrected chi connectivity index (χ1v) is 5.43. The van der Waals surface area contributed by atoms with Gasteiger partial charge in [0.05, 0.1) is 5.92 Å². The lowest BCUT2D eigenvalue weighted by atomic mass is 9.74. The summed E-state index contributed by atoms with van der Waals surface area (Å²) in [4.78, 5) is 12.0. The molecule has 0 saturated heterocycles. The van der Waals surface area contributed by atoms with Crippen molar-refractivity contribution in [2.45, 2.75) is 38.1 Å². The van der Waals surface area contributed by atoms with Crippen LogP contribution in [0.3, 0.4) is 0 Å². The highest BCUT2D eigenvalue weighted by atomic mass is 16.2. The number of hydrogen-bond donors (Lipinski definition) is 3. The number of nitrogens with zero attached hydrogens (tertiary/aromatic N) is 3. The van der Waals surface area contributed by atoms with Crippen molar-refractivity contribution in [3.63, 3.8) is 0 Å². The molecule has 0 radical (unpaired) electrons. The Bertz CT molecular complexity index is 360. The summed E-state index contributed by atoms with van der Waals surface area (Å²) in [6.07, 6.45) is 3.81. The third kappa shape index (κ3) is 2.19. The van der Waals surface area contributed by atoms with Crippen molar-refractivity contribution >= 4 is 11.9 Å². The quantitative estimate of drug-likeness (QED) is 0.657. The van der Waals surface area contributed by atoms with E-state index in [1.165, 1.54) is 0 Å². The van der Waals surface area contributed by atoms with Crippen molar-refractivity contribution in [3.05, 3.63) is 0 Å². The molecule has 2 rings (SSSR count). The number of tetrazole rings is 1. The van der Waals surface area contributed by atoms with Gasteiger partial charge in [0.2, 0.25) is 5.91 Å². The zero-order chi connectivity index (χ0) is 11.6. The Balaban J connectivity index is 2.03. The molecule has 88 valence electrons. The van der Waals surface area contributed by atoms with Crippen molar-refractivity contribution in [1.82, 2.24) is 20.6 Å². The van der Waals surface area contributed by atoms with Gasteiger partial charge < -0.3 is 5.73 Å². The van der Waals surface area contributed by atoms with Crippen LogP contribution in [0.25, 0.3) is 0 Å². The van der Waals surface area contributed by atoms with Crippen LogP contribution in [0, 0.1) is 5.92 Å². The van der Waals surface area contributed by atoms with E-state index in [2.05, 4.69) is 25.9 Å². The van der Waals surface area contributed by atoms with Crippen LogP contribution in [0.1, 0.15) is 32.6 Å². The average molecular weight is 224 g/mol. The normalized spacial score (nSPS) is 30.0. The molecule has 4 N–H and O–H groups in total. The van der Waals surface area contributed by atoms with Crippen LogP contribution in [-0.2, 0) is 4.79 Å². The zero-order valence-corrected chi connectivity index (χ0v) is 9.23. The van der Waals surface area contributed by atoms with E-state index < -0.39 is 5.54 Å². The number of aromatic amines is 1. The van der Waals surface area contributed by atoms with Gasteiger partial charge in [-0.05, 0) is 25.0 Å². The summed E-state index contributed by atoms with van der Waals surface area (Å²) in [5.41, 5.74) is 5.69. The van der Waals surface area contributed by atoms with E-state index in [0.717, 1.165) is 25.7 Å². The first-order valence-electron chi connectivity index (χ1n) is 5.43. The molecule has 7 nitrogen and oxygen atoms in total. The van der Waals surface area contributed by atoms with Gasteiger partial charge in [0.15, 0.2) is 0 Å².